The topological polar surface area (TPSA) is 41.9 Å². The molecule has 0 spiro atoms. The molecular weight excluding hydrogens is 168 g/mol. The van der Waals surface area contributed by atoms with E-state index in [1.165, 1.54) is 6.92 Å². The Bertz CT molecular complexity index is 240. The molecule has 0 unspecified atom stereocenters. The largest absolute Gasteiger partial charge is 0.464 e. The summed E-state index contributed by atoms with van der Waals surface area (Å²) in [6, 6.07) is 0. The van der Waals surface area contributed by atoms with Crippen molar-refractivity contribution in [2.75, 3.05) is 13.2 Å². The van der Waals surface area contributed by atoms with Crippen LogP contribution in [-0.4, -0.2) is 30.2 Å². The molecule has 0 fully saturated rings. The van der Waals surface area contributed by atoms with Crippen molar-refractivity contribution < 1.29 is 9.53 Å². The van der Waals surface area contributed by atoms with E-state index < -0.39 is 0 Å². The summed E-state index contributed by atoms with van der Waals surface area (Å²) in [5, 5.41) is 0. The van der Waals surface area contributed by atoms with Gasteiger partial charge in [-0.25, -0.2) is 0 Å². The molecule has 0 saturated carbocycles. The summed E-state index contributed by atoms with van der Waals surface area (Å²) in [5.41, 5.74) is 0. The molecule has 0 aromatic heterocycles. The molecule has 70 valence electrons. The fourth-order valence-electron chi connectivity index (χ4n) is 0.866. The molecule has 0 amide bonds. The first-order valence-electron chi connectivity index (χ1n) is 4.05. The second kappa shape index (κ2) is 5.13. The second-order valence-corrected chi connectivity index (χ2v) is 2.52. The minimum Gasteiger partial charge on any atom is -0.464 e. The molecule has 0 aliphatic carbocycles. The van der Waals surface area contributed by atoms with Gasteiger partial charge in [-0.2, -0.15) is 0 Å². The number of hydrogen-bond acceptors (Lipinski definition) is 4. The third-order valence-corrected chi connectivity index (χ3v) is 1.45. The van der Waals surface area contributed by atoms with E-state index in [9.17, 15) is 4.79 Å². The lowest BCUT2D eigenvalue weighted by molar-refractivity contribution is -0.141. The van der Waals surface area contributed by atoms with Crippen molar-refractivity contribution in [3.05, 3.63) is 24.7 Å². The van der Waals surface area contributed by atoms with Crippen molar-refractivity contribution in [2.24, 2.45) is 4.99 Å². The van der Waals surface area contributed by atoms with Crippen molar-refractivity contribution in [2.45, 2.75) is 6.92 Å². The third kappa shape index (κ3) is 4.10. The van der Waals surface area contributed by atoms with Crippen LogP contribution in [0.3, 0.4) is 0 Å². The second-order valence-electron chi connectivity index (χ2n) is 2.52. The minimum atomic E-state index is -0.251. The standard InChI is InChI=1S/C9H12N2O2/c1-9(12)13-8-7-11-5-2-3-10-4-6-11/h2-6H,7-8H2,1H3. The van der Waals surface area contributed by atoms with Crippen LogP contribution in [-0.2, 0) is 9.53 Å². The first-order chi connectivity index (χ1) is 6.29. The average molecular weight is 180 g/mol. The lowest BCUT2D eigenvalue weighted by Crippen LogP contribution is -2.17. The number of esters is 1. The molecule has 4 nitrogen and oxygen atoms in total. The van der Waals surface area contributed by atoms with Gasteiger partial charge in [0.25, 0.3) is 0 Å². The van der Waals surface area contributed by atoms with Gasteiger partial charge in [0.2, 0.25) is 0 Å². The molecule has 1 rings (SSSR count). The molecule has 1 heterocycles. The highest BCUT2D eigenvalue weighted by atomic mass is 16.5. The first kappa shape index (κ1) is 9.51. The number of ether oxygens (including phenoxy) is 1. The molecule has 1 aliphatic rings. The molecule has 0 aromatic rings. The zero-order valence-corrected chi connectivity index (χ0v) is 7.51. The lowest BCUT2D eigenvalue weighted by atomic mass is 10.5. The summed E-state index contributed by atoms with van der Waals surface area (Å²) in [7, 11) is 0. The number of rotatable bonds is 3. The quantitative estimate of drug-likeness (QED) is 0.606. The van der Waals surface area contributed by atoms with Gasteiger partial charge >= 0.3 is 5.97 Å². The van der Waals surface area contributed by atoms with Crippen LogP contribution in [0, 0.1) is 0 Å². The van der Waals surface area contributed by atoms with Crippen molar-refractivity contribution in [1.82, 2.24) is 4.90 Å². The van der Waals surface area contributed by atoms with Crippen LogP contribution < -0.4 is 0 Å². The van der Waals surface area contributed by atoms with E-state index >= 15 is 0 Å². The van der Waals surface area contributed by atoms with E-state index in [2.05, 4.69) is 4.99 Å². The lowest BCUT2D eigenvalue weighted by Gasteiger charge is -2.13. The van der Waals surface area contributed by atoms with Crippen molar-refractivity contribution >= 4 is 12.2 Å². The maximum absolute atomic E-state index is 10.5. The Kier molecular flexibility index (Phi) is 3.75. The SMILES string of the molecule is CC(=O)OCCN1C=CC=NC=C1. The summed E-state index contributed by atoms with van der Waals surface area (Å²) in [6.07, 6.45) is 8.91. The predicted molar refractivity (Wildman–Crippen MR) is 50.1 cm³/mol. The number of aliphatic imine (C=N–C) groups is 1. The molecule has 1 aliphatic heterocycles. The predicted octanol–water partition coefficient (Wildman–Crippen LogP) is 0.921. The number of carbonyl (C=O) groups is 1. The van der Waals surface area contributed by atoms with Gasteiger partial charge in [0.15, 0.2) is 0 Å². The first-order valence-corrected chi connectivity index (χ1v) is 4.05. The molecule has 0 bridgehead atoms. The summed E-state index contributed by atoms with van der Waals surface area (Å²) >= 11 is 0. The number of hydrogen-bond donors (Lipinski definition) is 0. The Labute approximate surface area is 77.2 Å². The molecule has 0 N–H and O–H groups in total. The zero-order chi connectivity index (χ0) is 9.52. The number of nitrogens with zero attached hydrogens (tertiary/aromatic N) is 2. The Morgan fingerprint density at radius 3 is 3.15 bits per heavy atom. The van der Waals surface area contributed by atoms with Crippen LogP contribution in [0.5, 0.6) is 0 Å². The molecular formula is C9H12N2O2. The average Bonchev–Trinajstić information content (AvgIpc) is 2.32. The van der Waals surface area contributed by atoms with E-state index in [4.69, 9.17) is 4.74 Å². The summed E-state index contributed by atoms with van der Waals surface area (Å²) in [6.45, 7) is 2.44. The van der Waals surface area contributed by atoms with Crippen LogP contribution in [0.2, 0.25) is 0 Å². The molecule has 0 radical (unpaired) electrons. The van der Waals surface area contributed by atoms with Crippen molar-refractivity contribution in [1.29, 1.82) is 0 Å². The molecule has 13 heavy (non-hydrogen) atoms. The van der Waals surface area contributed by atoms with Crippen LogP contribution in [0.15, 0.2) is 29.7 Å². The van der Waals surface area contributed by atoms with E-state index in [0.717, 1.165) is 0 Å². The van der Waals surface area contributed by atoms with Gasteiger partial charge in [-0.1, -0.05) is 0 Å². The van der Waals surface area contributed by atoms with Gasteiger partial charge in [-0.3, -0.25) is 9.79 Å². The minimum absolute atomic E-state index is 0.251. The van der Waals surface area contributed by atoms with E-state index in [1.807, 2.05) is 23.4 Å². The summed E-state index contributed by atoms with van der Waals surface area (Å²) < 4.78 is 4.80. The highest BCUT2D eigenvalue weighted by Gasteiger charge is 1.97. The Balaban J connectivity index is 2.25. The highest BCUT2D eigenvalue weighted by molar-refractivity contribution is 5.71. The van der Waals surface area contributed by atoms with Gasteiger partial charge in [0, 0.05) is 31.7 Å². The van der Waals surface area contributed by atoms with Gasteiger partial charge in [-0.15, -0.1) is 0 Å². The van der Waals surface area contributed by atoms with Crippen molar-refractivity contribution in [3.8, 4) is 0 Å². The fourth-order valence-corrected chi connectivity index (χ4v) is 0.866. The number of allylic oxidation sites excluding steroid dienone is 1. The Morgan fingerprint density at radius 1 is 1.54 bits per heavy atom. The van der Waals surface area contributed by atoms with E-state index in [1.54, 1.807) is 12.4 Å². The van der Waals surface area contributed by atoms with Gasteiger partial charge < -0.3 is 9.64 Å². The van der Waals surface area contributed by atoms with Crippen LogP contribution in [0.4, 0.5) is 0 Å². The third-order valence-electron chi connectivity index (χ3n) is 1.45. The van der Waals surface area contributed by atoms with Gasteiger partial charge in [0.05, 0.1) is 6.54 Å². The molecule has 4 heteroatoms. The monoisotopic (exact) mass is 180 g/mol. The van der Waals surface area contributed by atoms with Crippen LogP contribution in [0.25, 0.3) is 0 Å². The molecule has 0 saturated heterocycles. The van der Waals surface area contributed by atoms with Crippen molar-refractivity contribution in [3.63, 3.8) is 0 Å². The zero-order valence-electron chi connectivity index (χ0n) is 7.51. The smallest absolute Gasteiger partial charge is 0.302 e. The molecule has 0 atom stereocenters. The Morgan fingerprint density at radius 2 is 2.38 bits per heavy atom. The van der Waals surface area contributed by atoms with Gasteiger partial charge in [0.1, 0.15) is 6.61 Å². The maximum atomic E-state index is 10.5. The van der Waals surface area contributed by atoms with E-state index in [0.29, 0.717) is 13.2 Å². The van der Waals surface area contributed by atoms with Crippen LogP contribution >= 0.6 is 0 Å². The fraction of sp³-hybridized carbons (Fsp3) is 0.333. The summed E-state index contributed by atoms with van der Waals surface area (Å²) in [5.74, 6) is -0.251. The maximum Gasteiger partial charge on any atom is 0.302 e. The van der Waals surface area contributed by atoms with Gasteiger partial charge in [-0.05, 0) is 6.08 Å². The van der Waals surface area contributed by atoms with E-state index in [-0.39, 0.29) is 5.97 Å². The highest BCUT2D eigenvalue weighted by Crippen LogP contribution is 1.95. The number of carbonyl (C=O) groups excluding carboxylic acids is 1. The molecule has 0 aromatic carbocycles. The van der Waals surface area contributed by atoms with Crippen LogP contribution in [0.1, 0.15) is 6.92 Å². The normalized spacial score (nSPS) is 14.4. The Hall–Kier alpha value is -1.58. The summed E-state index contributed by atoms with van der Waals surface area (Å²) in [4.78, 5) is 16.3.